The van der Waals surface area contributed by atoms with Gasteiger partial charge in [-0.1, -0.05) is 41.1 Å². The number of hydrogen-bond acceptors (Lipinski definition) is 1. The molecule has 0 aromatic heterocycles. The van der Waals surface area contributed by atoms with Crippen molar-refractivity contribution in [2.75, 3.05) is 6.54 Å². The molecule has 0 aliphatic rings. The normalized spacial score (nSPS) is 12.4. The molecule has 2 aromatic carbocycles. The van der Waals surface area contributed by atoms with Crippen molar-refractivity contribution in [1.29, 1.82) is 0 Å². The van der Waals surface area contributed by atoms with E-state index in [1.807, 2.05) is 6.07 Å². The van der Waals surface area contributed by atoms with Gasteiger partial charge in [0.05, 0.1) is 6.04 Å². The van der Waals surface area contributed by atoms with Crippen LogP contribution >= 0.6 is 15.9 Å². The summed E-state index contributed by atoms with van der Waals surface area (Å²) >= 11 is 3.42. The Morgan fingerprint density at radius 1 is 1.14 bits per heavy atom. The SMILES string of the molecule is CCCNC(c1ccc(F)c(C)c1)c1c(F)cccc1Br. The number of aryl methyl sites for hydroxylation is 1. The summed E-state index contributed by atoms with van der Waals surface area (Å²) in [5.74, 6) is -0.527. The molecule has 0 heterocycles. The van der Waals surface area contributed by atoms with E-state index in [0.717, 1.165) is 18.5 Å². The van der Waals surface area contributed by atoms with E-state index in [0.29, 0.717) is 15.6 Å². The maximum Gasteiger partial charge on any atom is 0.129 e. The van der Waals surface area contributed by atoms with Gasteiger partial charge in [-0.3, -0.25) is 0 Å². The Hall–Kier alpha value is -1.26. The minimum atomic E-state index is -0.306. The van der Waals surface area contributed by atoms with E-state index in [9.17, 15) is 8.78 Å². The van der Waals surface area contributed by atoms with Crippen molar-refractivity contribution in [3.63, 3.8) is 0 Å². The van der Waals surface area contributed by atoms with Crippen LogP contribution in [0, 0.1) is 18.6 Å². The molecule has 0 fully saturated rings. The van der Waals surface area contributed by atoms with Gasteiger partial charge in [0.25, 0.3) is 0 Å². The van der Waals surface area contributed by atoms with Crippen molar-refractivity contribution in [3.05, 3.63) is 69.2 Å². The fourth-order valence-corrected chi connectivity index (χ4v) is 2.88. The lowest BCUT2D eigenvalue weighted by atomic mass is 9.96. The van der Waals surface area contributed by atoms with Gasteiger partial charge in [0.1, 0.15) is 11.6 Å². The third-order valence-corrected chi connectivity index (χ3v) is 4.09. The number of nitrogens with one attached hydrogen (secondary N) is 1. The zero-order chi connectivity index (χ0) is 15.4. The van der Waals surface area contributed by atoms with E-state index in [1.165, 1.54) is 12.1 Å². The second-order valence-electron chi connectivity index (χ2n) is 5.03. The first-order valence-electron chi connectivity index (χ1n) is 6.98. The molecule has 112 valence electrons. The quantitative estimate of drug-likeness (QED) is 0.785. The van der Waals surface area contributed by atoms with Crippen LogP contribution in [0.3, 0.4) is 0 Å². The fourth-order valence-electron chi connectivity index (χ4n) is 2.31. The molecule has 1 unspecified atom stereocenters. The van der Waals surface area contributed by atoms with Gasteiger partial charge in [-0.25, -0.2) is 8.78 Å². The predicted octanol–water partition coefficient (Wildman–Crippen LogP) is 5.12. The summed E-state index contributed by atoms with van der Waals surface area (Å²) in [5.41, 5.74) is 1.97. The molecule has 21 heavy (non-hydrogen) atoms. The first-order chi connectivity index (χ1) is 10.0. The molecule has 2 rings (SSSR count). The van der Waals surface area contributed by atoms with Crippen molar-refractivity contribution in [2.24, 2.45) is 0 Å². The monoisotopic (exact) mass is 353 g/mol. The Balaban J connectivity index is 2.49. The van der Waals surface area contributed by atoms with Crippen molar-refractivity contribution >= 4 is 15.9 Å². The Bertz CT molecular complexity index is 608. The summed E-state index contributed by atoms with van der Waals surface area (Å²) in [6.45, 7) is 4.52. The minimum absolute atomic E-state index is 0.249. The van der Waals surface area contributed by atoms with Gasteiger partial charge >= 0.3 is 0 Å². The highest BCUT2D eigenvalue weighted by molar-refractivity contribution is 9.10. The molecule has 1 nitrogen and oxygen atoms in total. The molecule has 0 aliphatic heterocycles. The molecule has 0 aliphatic carbocycles. The molecule has 0 spiro atoms. The van der Waals surface area contributed by atoms with Gasteiger partial charge in [0.2, 0.25) is 0 Å². The highest BCUT2D eigenvalue weighted by atomic mass is 79.9. The Morgan fingerprint density at radius 2 is 1.90 bits per heavy atom. The van der Waals surface area contributed by atoms with Gasteiger partial charge in [0, 0.05) is 10.0 Å². The molecular weight excluding hydrogens is 336 g/mol. The van der Waals surface area contributed by atoms with E-state index < -0.39 is 0 Å². The summed E-state index contributed by atoms with van der Waals surface area (Å²) in [5, 5.41) is 3.34. The van der Waals surface area contributed by atoms with Gasteiger partial charge in [-0.05, 0) is 49.2 Å². The Kier molecular flexibility index (Phi) is 5.48. The van der Waals surface area contributed by atoms with Crippen molar-refractivity contribution in [3.8, 4) is 0 Å². The topological polar surface area (TPSA) is 12.0 Å². The van der Waals surface area contributed by atoms with Crippen LogP contribution in [0.5, 0.6) is 0 Å². The average molecular weight is 354 g/mol. The van der Waals surface area contributed by atoms with Crippen LogP contribution in [0.15, 0.2) is 40.9 Å². The zero-order valence-electron chi connectivity index (χ0n) is 12.1. The van der Waals surface area contributed by atoms with Crippen LogP contribution in [-0.2, 0) is 0 Å². The Labute approximate surface area is 132 Å². The number of hydrogen-bond donors (Lipinski definition) is 1. The molecule has 2 aromatic rings. The summed E-state index contributed by atoms with van der Waals surface area (Å²) < 4.78 is 28.4. The number of rotatable bonds is 5. The maximum absolute atomic E-state index is 14.2. The molecule has 0 saturated carbocycles. The standard InChI is InChI=1S/C17H18BrF2N/c1-3-9-21-17(12-7-8-14(19)11(2)10-12)16-13(18)5-4-6-15(16)20/h4-8,10,17,21H,3,9H2,1-2H3. The van der Waals surface area contributed by atoms with Gasteiger partial charge < -0.3 is 5.32 Å². The molecular formula is C17H18BrF2N. The van der Waals surface area contributed by atoms with Crippen LogP contribution < -0.4 is 5.32 Å². The third kappa shape index (κ3) is 3.69. The lowest BCUT2D eigenvalue weighted by Gasteiger charge is -2.22. The van der Waals surface area contributed by atoms with Crippen LogP contribution in [0.25, 0.3) is 0 Å². The van der Waals surface area contributed by atoms with E-state index in [-0.39, 0.29) is 17.7 Å². The summed E-state index contributed by atoms with van der Waals surface area (Å²) in [7, 11) is 0. The van der Waals surface area contributed by atoms with E-state index >= 15 is 0 Å². The van der Waals surface area contributed by atoms with Gasteiger partial charge in [0.15, 0.2) is 0 Å². The third-order valence-electron chi connectivity index (χ3n) is 3.40. The number of halogens is 3. The predicted molar refractivity (Wildman–Crippen MR) is 85.4 cm³/mol. The molecule has 0 radical (unpaired) electrons. The first kappa shape index (κ1) is 16.1. The maximum atomic E-state index is 14.2. The molecule has 0 saturated heterocycles. The largest absolute Gasteiger partial charge is 0.306 e. The van der Waals surface area contributed by atoms with Crippen molar-refractivity contribution < 1.29 is 8.78 Å². The zero-order valence-corrected chi connectivity index (χ0v) is 13.7. The molecule has 1 N–H and O–H groups in total. The highest BCUT2D eigenvalue weighted by Crippen LogP contribution is 2.31. The van der Waals surface area contributed by atoms with Gasteiger partial charge in [-0.2, -0.15) is 0 Å². The van der Waals surface area contributed by atoms with E-state index in [4.69, 9.17) is 0 Å². The molecule has 1 atom stereocenters. The second kappa shape index (κ2) is 7.14. The second-order valence-corrected chi connectivity index (χ2v) is 5.89. The first-order valence-corrected chi connectivity index (χ1v) is 7.77. The van der Waals surface area contributed by atoms with Crippen LogP contribution in [0.4, 0.5) is 8.78 Å². The minimum Gasteiger partial charge on any atom is -0.306 e. The molecule has 0 bridgehead atoms. The fraction of sp³-hybridized carbons (Fsp3) is 0.294. The lowest BCUT2D eigenvalue weighted by Crippen LogP contribution is -2.24. The highest BCUT2D eigenvalue weighted by Gasteiger charge is 2.20. The van der Waals surface area contributed by atoms with Gasteiger partial charge in [-0.15, -0.1) is 0 Å². The smallest absolute Gasteiger partial charge is 0.129 e. The van der Waals surface area contributed by atoms with E-state index in [1.54, 1.807) is 25.1 Å². The van der Waals surface area contributed by atoms with Crippen molar-refractivity contribution in [2.45, 2.75) is 26.3 Å². The lowest BCUT2D eigenvalue weighted by molar-refractivity contribution is 0.542. The summed E-state index contributed by atoms with van der Waals surface area (Å²) in [4.78, 5) is 0. The molecule has 4 heteroatoms. The average Bonchev–Trinajstić information content (AvgIpc) is 2.45. The van der Waals surface area contributed by atoms with E-state index in [2.05, 4.69) is 28.2 Å². The van der Waals surface area contributed by atoms with Crippen molar-refractivity contribution in [1.82, 2.24) is 5.32 Å². The Morgan fingerprint density at radius 3 is 2.52 bits per heavy atom. The number of benzene rings is 2. The summed E-state index contributed by atoms with van der Waals surface area (Å²) in [6, 6.07) is 9.51. The van der Waals surface area contributed by atoms with Crippen LogP contribution in [-0.4, -0.2) is 6.54 Å². The van der Waals surface area contributed by atoms with Crippen LogP contribution in [0.2, 0.25) is 0 Å². The van der Waals surface area contributed by atoms with Crippen LogP contribution in [0.1, 0.15) is 36.1 Å². The molecule has 0 amide bonds. The summed E-state index contributed by atoms with van der Waals surface area (Å²) in [6.07, 6.45) is 0.933.